The van der Waals surface area contributed by atoms with Gasteiger partial charge in [-0.1, -0.05) is 12.8 Å². The fourth-order valence-corrected chi connectivity index (χ4v) is 2.84. The van der Waals surface area contributed by atoms with Crippen LogP contribution < -0.4 is 10.6 Å². The lowest BCUT2D eigenvalue weighted by Gasteiger charge is -2.16. The first-order valence-corrected chi connectivity index (χ1v) is 7.46. The van der Waals surface area contributed by atoms with Crippen LogP contribution in [0.25, 0.3) is 0 Å². The SMILES string of the molecule is Nc1nc(Cc2nc(N3CCCCCC3)no2)cs1. The molecule has 3 heterocycles. The Balaban J connectivity index is 1.68. The quantitative estimate of drug-likeness (QED) is 0.926. The molecule has 102 valence electrons. The maximum atomic E-state index is 5.60. The van der Waals surface area contributed by atoms with E-state index in [9.17, 15) is 0 Å². The van der Waals surface area contributed by atoms with Crippen LogP contribution in [0, 0.1) is 0 Å². The van der Waals surface area contributed by atoms with Crippen LogP contribution in [0.5, 0.6) is 0 Å². The monoisotopic (exact) mass is 279 g/mol. The summed E-state index contributed by atoms with van der Waals surface area (Å²) in [5.41, 5.74) is 6.49. The molecule has 1 fully saturated rings. The van der Waals surface area contributed by atoms with E-state index in [-0.39, 0.29) is 0 Å². The van der Waals surface area contributed by atoms with Crippen molar-refractivity contribution in [3.63, 3.8) is 0 Å². The predicted molar refractivity (Wildman–Crippen MR) is 74.3 cm³/mol. The van der Waals surface area contributed by atoms with Gasteiger partial charge < -0.3 is 15.2 Å². The number of nitrogen functional groups attached to an aromatic ring is 1. The Bertz CT molecular complexity index is 530. The van der Waals surface area contributed by atoms with Crippen LogP contribution in [-0.2, 0) is 6.42 Å². The van der Waals surface area contributed by atoms with Crippen molar-refractivity contribution in [2.45, 2.75) is 32.1 Å². The zero-order chi connectivity index (χ0) is 13.1. The van der Waals surface area contributed by atoms with Crippen molar-refractivity contribution in [3.8, 4) is 0 Å². The highest BCUT2D eigenvalue weighted by atomic mass is 32.1. The maximum Gasteiger partial charge on any atom is 0.266 e. The number of aromatic nitrogens is 3. The second kappa shape index (κ2) is 5.56. The fraction of sp³-hybridized carbons (Fsp3) is 0.583. The Labute approximate surface area is 115 Å². The highest BCUT2D eigenvalue weighted by Gasteiger charge is 2.16. The summed E-state index contributed by atoms with van der Waals surface area (Å²) in [6, 6.07) is 0. The Morgan fingerprint density at radius 2 is 2.00 bits per heavy atom. The summed E-state index contributed by atoms with van der Waals surface area (Å²) < 4.78 is 5.29. The number of anilines is 2. The van der Waals surface area contributed by atoms with Crippen LogP contribution in [0.2, 0.25) is 0 Å². The van der Waals surface area contributed by atoms with Crippen molar-refractivity contribution in [1.82, 2.24) is 15.1 Å². The van der Waals surface area contributed by atoms with E-state index >= 15 is 0 Å². The second-order valence-corrected chi connectivity index (χ2v) is 5.63. The summed E-state index contributed by atoms with van der Waals surface area (Å²) in [5, 5.41) is 6.56. The molecule has 0 aliphatic carbocycles. The van der Waals surface area contributed by atoms with Crippen molar-refractivity contribution < 1.29 is 4.52 Å². The molecule has 0 atom stereocenters. The second-order valence-electron chi connectivity index (χ2n) is 4.74. The number of nitrogens with zero attached hydrogens (tertiary/aromatic N) is 4. The molecule has 1 aliphatic heterocycles. The first-order valence-electron chi connectivity index (χ1n) is 6.59. The normalized spacial score (nSPS) is 16.5. The van der Waals surface area contributed by atoms with Gasteiger partial charge in [-0.2, -0.15) is 4.98 Å². The molecule has 0 aromatic carbocycles. The molecule has 1 saturated heterocycles. The van der Waals surface area contributed by atoms with Gasteiger partial charge in [0, 0.05) is 18.5 Å². The fourth-order valence-electron chi connectivity index (χ4n) is 2.28. The van der Waals surface area contributed by atoms with Crippen LogP contribution in [0.1, 0.15) is 37.3 Å². The van der Waals surface area contributed by atoms with Crippen molar-refractivity contribution in [2.75, 3.05) is 23.7 Å². The van der Waals surface area contributed by atoms with E-state index in [4.69, 9.17) is 10.3 Å². The molecule has 2 aromatic heterocycles. The average Bonchev–Trinajstić information content (AvgIpc) is 2.92. The molecule has 1 aliphatic rings. The van der Waals surface area contributed by atoms with E-state index < -0.39 is 0 Å². The van der Waals surface area contributed by atoms with Crippen molar-refractivity contribution >= 4 is 22.4 Å². The largest absolute Gasteiger partial charge is 0.375 e. The molecule has 2 aromatic rings. The van der Waals surface area contributed by atoms with Crippen LogP contribution >= 0.6 is 11.3 Å². The lowest BCUT2D eigenvalue weighted by molar-refractivity contribution is 0.383. The Kier molecular flexibility index (Phi) is 3.63. The van der Waals surface area contributed by atoms with Gasteiger partial charge in [0.1, 0.15) is 0 Å². The number of hydrogen-bond acceptors (Lipinski definition) is 7. The molecule has 0 spiro atoms. The van der Waals surface area contributed by atoms with Gasteiger partial charge in [-0.15, -0.1) is 11.3 Å². The average molecular weight is 279 g/mol. The minimum atomic E-state index is 0.550. The van der Waals surface area contributed by atoms with Gasteiger partial charge in [0.25, 0.3) is 5.95 Å². The van der Waals surface area contributed by atoms with E-state index in [1.165, 1.54) is 37.0 Å². The van der Waals surface area contributed by atoms with Gasteiger partial charge in [-0.3, -0.25) is 0 Å². The van der Waals surface area contributed by atoms with Crippen molar-refractivity contribution in [1.29, 1.82) is 0 Å². The molecule has 19 heavy (non-hydrogen) atoms. The molecule has 2 N–H and O–H groups in total. The van der Waals surface area contributed by atoms with Crippen LogP contribution in [0.15, 0.2) is 9.90 Å². The molecule has 0 amide bonds. The predicted octanol–water partition coefficient (Wildman–Crippen LogP) is 2.08. The first-order chi connectivity index (χ1) is 9.31. The third-order valence-corrected chi connectivity index (χ3v) is 3.97. The minimum absolute atomic E-state index is 0.550. The van der Waals surface area contributed by atoms with Gasteiger partial charge >= 0.3 is 0 Å². The van der Waals surface area contributed by atoms with E-state index in [1.54, 1.807) is 0 Å². The molecule has 0 unspecified atom stereocenters. The molecule has 0 radical (unpaired) electrons. The number of thiazole rings is 1. The summed E-state index contributed by atoms with van der Waals surface area (Å²) in [6.07, 6.45) is 5.53. The highest BCUT2D eigenvalue weighted by Crippen LogP contribution is 2.18. The summed E-state index contributed by atoms with van der Waals surface area (Å²) in [5.74, 6) is 1.31. The van der Waals surface area contributed by atoms with Gasteiger partial charge in [0.05, 0.1) is 12.1 Å². The number of hydrogen-bond donors (Lipinski definition) is 1. The van der Waals surface area contributed by atoms with Gasteiger partial charge in [-0.05, 0) is 18.0 Å². The molecule has 0 bridgehead atoms. The van der Waals surface area contributed by atoms with Gasteiger partial charge in [0.15, 0.2) is 5.13 Å². The van der Waals surface area contributed by atoms with Crippen LogP contribution in [0.4, 0.5) is 11.1 Å². The third-order valence-electron chi connectivity index (χ3n) is 3.25. The van der Waals surface area contributed by atoms with Crippen molar-refractivity contribution in [2.24, 2.45) is 0 Å². The van der Waals surface area contributed by atoms with Crippen LogP contribution in [0.3, 0.4) is 0 Å². The molecular formula is C12H17N5OS. The molecular weight excluding hydrogens is 262 g/mol. The summed E-state index contributed by atoms with van der Waals surface area (Å²) in [4.78, 5) is 10.9. The lowest BCUT2D eigenvalue weighted by atomic mass is 10.2. The Hall–Kier alpha value is -1.63. The molecule has 0 saturated carbocycles. The zero-order valence-corrected chi connectivity index (χ0v) is 11.5. The topological polar surface area (TPSA) is 81.1 Å². The third kappa shape index (κ3) is 3.04. The Morgan fingerprint density at radius 1 is 1.21 bits per heavy atom. The molecule has 7 heteroatoms. The number of nitrogens with two attached hydrogens (primary N) is 1. The minimum Gasteiger partial charge on any atom is -0.375 e. The summed E-state index contributed by atoms with van der Waals surface area (Å²) >= 11 is 1.43. The summed E-state index contributed by atoms with van der Waals surface area (Å²) in [7, 11) is 0. The zero-order valence-electron chi connectivity index (χ0n) is 10.7. The Morgan fingerprint density at radius 3 is 2.68 bits per heavy atom. The van der Waals surface area contributed by atoms with E-state index in [1.807, 2.05) is 5.38 Å². The smallest absolute Gasteiger partial charge is 0.266 e. The highest BCUT2D eigenvalue weighted by molar-refractivity contribution is 7.13. The standard InChI is InChI=1S/C12H17N5OS/c13-11-14-9(8-19-11)7-10-15-12(16-18-10)17-5-3-1-2-4-6-17/h8H,1-7H2,(H2,13,14). The first kappa shape index (κ1) is 12.4. The lowest BCUT2D eigenvalue weighted by Crippen LogP contribution is -2.24. The van der Waals surface area contributed by atoms with Gasteiger partial charge in [0.2, 0.25) is 5.89 Å². The summed E-state index contributed by atoms with van der Waals surface area (Å²) in [6.45, 7) is 2.03. The van der Waals surface area contributed by atoms with E-state index in [0.29, 0.717) is 23.4 Å². The molecule has 3 rings (SSSR count). The maximum absolute atomic E-state index is 5.60. The van der Waals surface area contributed by atoms with Gasteiger partial charge in [-0.25, -0.2) is 4.98 Å². The van der Waals surface area contributed by atoms with Crippen LogP contribution in [-0.4, -0.2) is 28.2 Å². The molecule has 6 nitrogen and oxygen atoms in total. The van der Waals surface area contributed by atoms with E-state index in [2.05, 4.69) is 20.0 Å². The number of rotatable bonds is 3. The van der Waals surface area contributed by atoms with Crippen molar-refractivity contribution in [3.05, 3.63) is 17.0 Å². The van der Waals surface area contributed by atoms with E-state index in [0.717, 1.165) is 18.8 Å².